The van der Waals surface area contributed by atoms with Gasteiger partial charge in [0.05, 0.1) is 13.2 Å². The van der Waals surface area contributed by atoms with E-state index >= 15 is 0 Å². The van der Waals surface area contributed by atoms with Gasteiger partial charge in [0.25, 0.3) is 0 Å². The fraction of sp³-hybridized carbons (Fsp3) is 0.900. The molecule has 5 nitrogen and oxygen atoms in total. The largest absolute Gasteiger partial charge is 0.480 e. The second kappa shape index (κ2) is 6.05. The molecule has 0 amide bonds. The molecule has 0 spiro atoms. The molecule has 1 aliphatic heterocycles. The minimum absolute atomic E-state index is 0.317. The highest BCUT2D eigenvalue weighted by molar-refractivity contribution is 5.73. The third-order valence-corrected chi connectivity index (χ3v) is 2.58. The Labute approximate surface area is 90.6 Å². The van der Waals surface area contributed by atoms with E-state index in [0.717, 1.165) is 26.1 Å². The van der Waals surface area contributed by atoms with Gasteiger partial charge < -0.3 is 14.7 Å². The fourth-order valence-corrected chi connectivity index (χ4v) is 1.72. The number of rotatable bonds is 5. The first-order chi connectivity index (χ1) is 7.11. The molecule has 0 aromatic heterocycles. The Morgan fingerprint density at radius 1 is 1.60 bits per heavy atom. The first kappa shape index (κ1) is 12.4. The van der Waals surface area contributed by atoms with E-state index in [9.17, 15) is 4.79 Å². The molecule has 15 heavy (non-hydrogen) atoms. The lowest BCUT2D eigenvalue weighted by Crippen LogP contribution is -2.50. The summed E-state index contributed by atoms with van der Waals surface area (Å²) in [6.07, 6.45) is 0.997. The van der Waals surface area contributed by atoms with Crippen LogP contribution in [0.2, 0.25) is 0 Å². The molecular weight excluding hydrogens is 196 g/mol. The van der Waals surface area contributed by atoms with Crippen LogP contribution < -0.4 is 0 Å². The lowest BCUT2D eigenvalue weighted by atomic mass is 10.2. The molecule has 1 saturated heterocycles. The number of hydrogen-bond acceptors (Lipinski definition) is 4. The van der Waals surface area contributed by atoms with E-state index in [1.807, 2.05) is 19.0 Å². The summed E-state index contributed by atoms with van der Waals surface area (Å²) >= 11 is 0. The summed E-state index contributed by atoms with van der Waals surface area (Å²) in [4.78, 5) is 15.0. The van der Waals surface area contributed by atoms with Crippen LogP contribution in [0.5, 0.6) is 0 Å². The number of carboxylic acid groups (broad SMARTS) is 1. The molecule has 0 aromatic rings. The molecule has 1 heterocycles. The standard InChI is InChI=1S/C10H20N2O3/c1-11(2)4-3-5-12-6-7-15-8-9(12)10(13)14/h9H,3-8H2,1-2H3,(H,13,14). The molecule has 0 saturated carbocycles. The van der Waals surface area contributed by atoms with E-state index in [2.05, 4.69) is 4.90 Å². The SMILES string of the molecule is CN(C)CCCN1CCOCC1C(=O)O. The maximum Gasteiger partial charge on any atom is 0.323 e. The third kappa shape index (κ3) is 4.15. The van der Waals surface area contributed by atoms with Crippen molar-refractivity contribution >= 4 is 5.97 Å². The summed E-state index contributed by atoms with van der Waals surface area (Å²) in [5.41, 5.74) is 0. The zero-order valence-electron chi connectivity index (χ0n) is 9.48. The molecule has 1 atom stereocenters. The maximum absolute atomic E-state index is 10.9. The number of hydrogen-bond donors (Lipinski definition) is 1. The average Bonchev–Trinajstić information content (AvgIpc) is 2.17. The molecular formula is C10H20N2O3. The molecule has 1 unspecified atom stereocenters. The van der Waals surface area contributed by atoms with E-state index in [1.54, 1.807) is 0 Å². The van der Waals surface area contributed by atoms with Gasteiger partial charge in [0.1, 0.15) is 6.04 Å². The lowest BCUT2D eigenvalue weighted by Gasteiger charge is -2.32. The van der Waals surface area contributed by atoms with Gasteiger partial charge in [-0.05, 0) is 27.1 Å². The van der Waals surface area contributed by atoms with Gasteiger partial charge in [-0.25, -0.2) is 0 Å². The van der Waals surface area contributed by atoms with Gasteiger partial charge in [-0.3, -0.25) is 9.69 Å². The van der Waals surface area contributed by atoms with Crippen molar-refractivity contribution in [2.24, 2.45) is 0 Å². The Balaban J connectivity index is 2.33. The number of carboxylic acids is 1. The molecule has 0 radical (unpaired) electrons. The molecule has 1 N–H and O–H groups in total. The van der Waals surface area contributed by atoms with Gasteiger partial charge >= 0.3 is 5.97 Å². The highest BCUT2D eigenvalue weighted by Gasteiger charge is 2.28. The van der Waals surface area contributed by atoms with Crippen molar-refractivity contribution in [3.8, 4) is 0 Å². The van der Waals surface area contributed by atoms with Crippen molar-refractivity contribution in [2.75, 3.05) is 46.9 Å². The van der Waals surface area contributed by atoms with Crippen molar-refractivity contribution in [2.45, 2.75) is 12.5 Å². The van der Waals surface area contributed by atoms with E-state index in [4.69, 9.17) is 9.84 Å². The van der Waals surface area contributed by atoms with Crippen LogP contribution in [0.25, 0.3) is 0 Å². The Bertz CT molecular complexity index is 209. The normalized spacial score (nSPS) is 23.3. The van der Waals surface area contributed by atoms with Gasteiger partial charge in [-0.1, -0.05) is 0 Å². The first-order valence-electron chi connectivity index (χ1n) is 5.30. The minimum atomic E-state index is -0.778. The van der Waals surface area contributed by atoms with Gasteiger partial charge in [0.15, 0.2) is 0 Å². The predicted molar refractivity (Wildman–Crippen MR) is 57.0 cm³/mol. The Morgan fingerprint density at radius 2 is 2.33 bits per heavy atom. The number of aliphatic carboxylic acids is 1. The van der Waals surface area contributed by atoms with Crippen molar-refractivity contribution in [1.82, 2.24) is 9.80 Å². The molecule has 1 rings (SSSR count). The van der Waals surface area contributed by atoms with Crippen LogP contribution >= 0.6 is 0 Å². The average molecular weight is 216 g/mol. The Morgan fingerprint density at radius 3 is 2.93 bits per heavy atom. The summed E-state index contributed by atoms with van der Waals surface area (Å²) in [7, 11) is 4.04. The first-order valence-corrected chi connectivity index (χ1v) is 5.30. The molecule has 0 bridgehead atoms. The monoisotopic (exact) mass is 216 g/mol. The zero-order chi connectivity index (χ0) is 11.3. The number of ether oxygens (including phenoxy) is 1. The quantitative estimate of drug-likeness (QED) is 0.685. The number of carbonyl (C=O) groups is 1. The number of nitrogens with zero attached hydrogens (tertiary/aromatic N) is 2. The molecule has 0 aliphatic carbocycles. The van der Waals surface area contributed by atoms with Crippen LogP contribution in [0.3, 0.4) is 0 Å². The topological polar surface area (TPSA) is 53.0 Å². The zero-order valence-corrected chi connectivity index (χ0v) is 9.48. The van der Waals surface area contributed by atoms with Gasteiger partial charge in [0.2, 0.25) is 0 Å². The van der Waals surface area contributed by atoms with Crippen LogP contribution in [-0.4, -0.2) is 73.9 Å². The van der Waals surface area contributed by atoms with Crippen LogP contribution in [0.1, 0.15) is 6.42 Å². The highest BCUT2D eigenvalue weighted by Crippen LogP contribution is 2.07. The molecule has 1 fully saturated rings. The molecule has 88 valence electrons. The summed E-state index contributed by atoms with van der Waals surface area (Å²) in [5, 5.41) is 8.99. The maximum atomic E-state index is 10.9. The second-order valence-electron chi connectivity index (χ2n) is 4.12. The molecule has 5 heteroatoms. The van der Waals surface area contributed by atoms with Crippen LogP contribution in [0, 0.1) is 0 Å². The van der Waals surface area contributed by atoms with Crippen LogP contribution in [0.15, 0.2) is 0 Å². The lowest BCUT2D eigenvalue weighted by molar-refractivity contribution is -0.149. The Hall–Kier alpha value is -0.650. The predicted octanol–water partition coefficient (Wildman–Crippen LogP) is -0.276. The van der Waals surface area contributed by atoms with Crippen LogP contribution in [-0.2, 0) is 9.53 Å². The van der Waals surface area contributed by atoms with Crippen molar-refractivity contribution in [3.05, 3.63) is 0 Å². The van der Waals surface area contributed by atoms with Gasteiger partial charge in [-0.2, -0.15) is 0 Å². The van der Waals surface area contributed by atoms with Crippen molar-refractivity contribution < 1.29 is 14.6 Å². The van der Waals surface area contributed by atoms with E-state index in [1.165, 1.54) is 0 Å². The molecule has 1 aliphatic rings. The minimum Gasteiger partial charge on any atom is -0.480 e. The van der Waals surface area contributed by atoms with Gasteiger partial charge in [-0.15, -0.1) is 0 Å². The smallest absolute Gasteiger partial charge is 0.323 e. The van der Waals surface area contributed by atoms with Crippen LogP contribution in [0.4, 0.5) is 0 Å². The number of morpholine rings is 1. The van der Waals surface area contributed by atoms with Gasteiger partial charge in [0, 0.05) is 13.1 Å². The second-order valence-corrected chi connectivity index (χ2v) is 4.12. The molecule has 0 aromatic carbocycles. The summed E-state index contributed by atoms with van der Waals surface area (Å²) < 4.78 is 5.17. The summed E-state index contributed by atoms with van der Waals surface area (Å²) in [5.74, 6) is -0.778. The van der Waals surface area contributed by atoms with E-state index < -0.39 is 12.0 Å². The van der Waals surface area contributed by atoms with E-state index in [0.29, 0.717) is 13.2 Å². The van der Waals surface area contributed by atoms with E-state index in [-0.39, 0.29) is 0 Å². The Kier molecular flexibility index (Phi) is 5.01. The summed E-state index contributed by atoms with van der Waals surface area (Å²) in [6, 6.07) is -0.457. The van der Waals surface area contributed by atoms with Crippen molar-refractivity contribution in [3.63, 3.8) is 0 Å². The van der Waals surface area contributed by atoms with Crippen molar-refractivity contribution in [1.29, 1.82) is 0 Å². The summed E-state index contributed by atoms with van der Waals surface area (Å²) in [6.45, 7) is 3.51. The third-order valence-electron chi connectivity index (χ3n) is 2.58. The highest BCUT2D eigenvalue weighted by atomic mass is 16.5. The fourth-order valence-electron chi connectivity index (χ4n) is 1.72.